The second kappa shape index (κ2) is 3.99. The van der Waals surface area contributed by atoms with Crippen LogP contribution in [0.1, 0.15) is 30.7 Å². The predicted octanol–water partition coefficient (Wildman–Crippen LogP) is 3.25. The van der Waals surface area contributed by atoms with E-state index in [0.717, 1.165) is 24.8 Å². The van der Waals surface area contributed by atoms with Crippen molar-refractivity contribution in [2.45, 2.75) is 25.2 Å². The van der Waals surface area contributed by atoms with Gasteiger partial charge in [0.05, 0.1) is 6.67 Å². The van der Waals surface area contributed by atoms with E-state index in [-0.39, 0.29) is 18.5 Å². The maximum atomic E-state index is 12.7. The standard InChI is InChI=1S/C12H15FO/c13-8-9-4-3-6-10(9)11-5-1-2-7-12(11)14/h1-2,5,7,9-10,14H,3-4,6,8H2. The molecule has 1 aromatic rings. The number of phenolic OH excluding ortho intramolecular Hbond substituents is 1. The highest BCUT2D eigenvalue weighted by atomic mass is 19.1. The zero-order chi connectivity index (χ0) is 9.97. The number of aromatic hydroxyl groups is 1. The van der Waals surface area contributed by atoms with Gasteiger partial charge in [-0.05, 0) is 36.3 Å². The van der Waals surface area contributed by atoms with Gasteiger partial charge in [-0.25, -0.2) is 0 Å². The summed E-state index contributed by atoms with van der Waals surface area (Å²) in [6, 6.07) is 7.30. The van der Waals surface area contributed by atoms with Gasteiger partial charge in [0.15, 0.2) is 0 Å². The molecular weight excluding hydrogens is 179 g/mol. The topological polar surface area (TPSA) is 20.2 Å². The maximum Gasteiger partial charge on any atom is 0.119 e. The Bertz CT molecular complexity index is 311. The third-order valence-electron chi connectivity index (χ3n) is 3.19. The highest BCUT2D eigenvalue weighted by molar-refractivity contribution is 5.35. The van der Waals surface area contributed by atoms with Crippen molar-refractivity contribution in [1.82, 2.24) is 0 Å². The van der Waals surface area contributed by atoms with Crippen LogP contribution in [0.4, 0.5) is 4.39 Å². The summed E-state index contributed by atoms with van der Waals surface area (Å²) in [6.07, 6.45) is 3.04. The Morgan fingerprint density at radius 1 is 1.29 bits per heavy atom. The van der Waals surface area contributed by atoms with E-state index >= 15 is 0 Å². The Hall–Kier alpha value is -1.05. The van der Waals surface area contributed by atoms with Crippen LogP contribution in [0, 0.1) is 5.92 Å². The van der Waals surface area contributed by atoms with Crippen molar-refractivity contribution in [3.63, 3.8) is 0 Å². The Labute approximate surface area is 83.6 Å². The van der Waals surface area contributed by atoms with Gasteiger partial charge >= 0.3 is 0 Å². The van der Waals surface area contributed by atoms with E-state index in [0.29, 0.717) is 5.75 Å². The van der Waals surface area contributed by atoms with Gasteiger partial charge in [-0.2, -0.15) is 0 Å². The van der Waals surface area contributed by atoms with E-state index in [4.69, 9.17) is 0 Å². The first kappa shape index (κ1) is 9.50. The molecule has 14 heavy (non-hydrogen) atoms. The molecule has 0 aliphatic heterocycles. The van der Waals surface area contributed by atoms with E-state index in [2.05, 4.69) is 0 Å². The molecule has 76 valence electrons. The van der Waals surface area contributed by atoms with Crippen molar-refractivity contribution in [2.24, 2.45) is 5.92 Å². The SMILES string of the molecule is Oc1ccccc1C1CCCC1CF. The van der Waals surface area contributed by atoms with Crippen molar-refractivity contribution < 1.29 is 9.50 Å². The van der Waals surface area contributed by atoms with Crippen LogP contribution in [0.5, 0.6) is 5.75 Å². The van der Waals surface area contributed by atoms with Crippen molar-refractivity contribution in [3.05, 3.63) is 29.8 Å². The third-order valence-corrected chi connectivity index (χ3v) is 3.19. The van der Waals surface area contributed by atoms with Gasteiger partial charge in [-0.3, -0.25) is 4.39 Å². The number of hydrogen-bond donors (Lipinski definition) is 1. The lowest BCUT2D eigenvalue weighted by molar-refractivity contribution is 0.336. The summed E-state index contributed by atoms with van der Waals surface area (Å²) in [7, 11) is 0. The first-order valence-electron chi connectivity index (χ1n) is 5.16. The van der Waals surface area contributed by atoms with Gasteiger partial charge in [-0.1, -0.05) is 24.6 Å². The van der Waals surface area contributed by atoms with Crippen molar-refractivity contribution in [2.75, 3.05) is 6.67 Å². The van der Waals surface area contributed by atoms with E-state index in [1.165, 1.54) is 0 Å². The van der Waals surface area contributed by atoms with Crippen LogP contribution in [0.3, 0.4) is 0 Å². The predicted molar refractivity (Wildman–Crippen MR) is 54.2 cm³/mol. The zero-order valence-corrected chi connectivity index (χ0v) is 8.12. The van der Waals surface area contributed by atoms with Crippen LogP contribution in [0.25, 0.3) is 0 Å². The van der Waals surface area contributed by atoms with Crippen LogP contribution in [-0.4, -0.2) is 11.8 Å². The van der Waals surface area contributed by atoms with Gasteiger partial charge in [0, 0.05) is 0 Å². The fourth-order valence-corrected chi connectivity index (χ4v) is 2.43. The fraction of sp³-hybridized carbons (Fsp3) is 0.500. The second-order valence-corrected chi connectivity index (χ2v) is 4.01. The molecule has 0 radical (unpaired) electrons. The van der Waals surface area contributed by atoms with Crippen LogP contribution >= 0.6 is 0 Å². The molecule has 2 heteroatoms. The lowest BCUT2D eigenvalue weighted by Gasteiger charge is -2.17. The maximum absolute atomic E-state index is 12.7. The summed E-state index contributed by atoms with van der Waals surface area (Å²) >= 11 is 0. The number of para-hydroxylation sites is 1. The fourth-order valence-electron chi connectivity index (χ4n) is 2.43. The van der Waals surface area contributed by atoms with Gasteiger partial charge in [0.25, 0.3) is 0 Å². The molecule has 1 aliphatic carbocycles. The summed E-state index contributed by atoms with van der Waals surface area (Å²) in [5.74, 6) is 0.655. The molecule has 1 aromatic carbocycles. The van der Waals surface area contributed by atoms with Crippen LogP contribution < -0.4 is 0 Å². The van der Waals surface area contributed by atoms with Gasteiger partial charge in [-0.15, -0.1) is 0 Å². The van der Waals surface area contributed by atoms with E-state index in [1.54, 1.807) is 12.1 Å². The quantitative estimate of drug-likeness (QED) is 0.766. The average Bonchev–Trinajstić information content (AvgIpc) is 2.66. The number of alkyl halides is 1. The van der Waals surface area contributed by atoms with Gasteiger partial charge < -0.3 is 5.11 Å². The molecule has 0 heterocycles. The summed E-state index contributed by atoms with van der Waals surface area (Å²) in [6.45, 7) is -0.265. The molecule has 1 aliphatic rings. The first-order chi connectivity index (χ1) is 6.83. The van der Waals surface area contributed by atoms with Crippen LogP contribution in [0.2, 0.25) is 0 Å². The molecule has 1 fully saturated rings. The Kier molecular flexibility index (Phi) is 2.71. The highest BCUT2D eigenvalue weighted by Gasteiger charge is 2.29. The number of rotatable bonds is 2. The molecule has 0 amide bonds. The minimum atomic E-state index is -0.265. The molecule has 2 atom stereocenters. The Morgan fingerprint density at radius 3 is 2.79 bits per heavy atom. The Morgan fingerprint density at radius 2 is 2.07 bits per heavy atom. The summed E-state index contributed by atoms with van der Waals surface area (Å²) in [5.41, 5.74) is 0.924. The zero-order valence-electron chi connectivity index (χ0n) is 8.12. The molecular formula is C12H15FO. The summed E-state index contributed by atoms with van der Waals surface area (Å²) < 4.78 is 12.7. The molecule has 1 nitrogen and oxygen atoms in total. The Balaban J connectivity index is 2.26. The molecule has 0 saturated heterocycles. The molecule has 1 saturated carbocycles. The number of phenols is 1. The van der Waals surface area contributed by atoms with E-state index in [1.807, 2.05) is 12.1 Å². The van der Waals surface area contributed by atoms with Gasteiger partial charge in [0.2, 0.25) is 0 Å². The first-order valence-corrected chi connectivity index (χ1v) is 5.16. The summed E-state index contributed by atoms with van der Waals surface area (Å²) in [5, 5.41) is 9.66. The number of halogens is 1. The van der Waals surface area contributed by atoms with Crippen molar-refractivity contribution in [3.8, 4) is 5.75 Å². The van der Waals surface area contributed by atoms with Crippen LogP contribution in [-0.2, 0) is 0 Å². The lowest BCUT2D eigenvalue weighted by atomic mass is 9.89. The second-order valence-electron chi connectivity index (χ2n) is 4.01. The number of benzene rings is 1. The van der Waals surface area contributed by atoms with Gasteiger partial charge in [0.1, 0.15) is 5.75 Å². The largest absolute Gasteiger partial charge is 0.508 e. The van der Waals surface area contributed by atoms with E-state index in [9.17, 15) is 9.50 Å². The number of hydrogen-bond acceptors (Lipinski definition) is 1. The highest BCUT2D eigenvalue weighted by Crippen LogP contribution is 2.42. The molecule has 0 bridgehead atoms. The molecule has 2 unspecified atom stereocenters. The van der Waals surface area contributed by atoms with Crippen LogP contribution in [0.15, 0.2) is 24.3 Å². The minimum Gasteiger partial charge on any atom is -0.508 e. The summed E-state index contributed by atoms with van der Waals surface area (Å²) in [4.78, 5) is 0. The van der Waals surface area contributed by atoms with Crippen molar-refractivity contribution in [1.29, 1.82) is 0 Å². The third kappa shape index (κ3) is 1.61. The molecule has 2 rings (SSSR count). The lowest BCUT2D eigenvalue weighted by Crippen LogP contribution is -2.08. The molecule has 0 spiro atoms. The smallest absolute Gasteiger partial charge is 0.119 e. The normalized spacial score (nSPS) is 26.6. The molecule has 1 N–H and O–H groups in total. The van der Waals surface area contributed by atoms with Crippen molar-refractivity contribution >= 4 is 0 Å². The molecule has 0 aromatic heterocycles. The van der Waals surface area contributed by atoms with E-state index < -0.39 is 0 Å². The minimum absolute atomic E-state index is 0.114. The average molecular weight is 194 g/mol. The monoisotopic (exact) mass is 194 g/mol.